The first-order chi connectivity index (χ1) is 12.6. The minimum Gasteiger partial charge on any atom is -0.464 e. The highest BCUT2D eigenvalue weighted by Crippen LogP contribution is 2.33. The molecule has 0 aromatic carbocycles. The first kappa shape index (κ1) is 19.3. The molecule has 2 aromatic rings. The third-order valence-electron chi connectivity index (χ3n) is 3.87. The Labute approximate surface area is 151 Å². The number of aromatic nitrogens is 4. The van der Waals surface area contributed by atoms with Crippen LogP contribution in [0.2, 0.25) is 0 Å². The van der Waals surface area contributed by atoms with E-state index in [1.54, 1.807) is 0 Å². The number of aliphatic hydroxyl groups excluding tert-OH is 2. The molecule has 2 aromatic heterocycles. The fraction of sp³-hybridized carbons (Fsp3) is 0.500. The number of anilines is 1. The third kappa shape index (κ3) is 3.55. The number of esters is 1. The standard InChI is InChI=1S/C12H16N6O8S/c1-24-12(21)6-5-9(13)15-3-16-10(5)18(17-6)11-8(20)7(19)4(26-11)2-25-27(14,22)23/h3-4,7-8,11,19-20H,2H2,1H3,(H2,13,15,16)(H2,14,22,23)/t4-,7-,8-,11-/m1/s1. The van der Waals surface area contributed by atoms with Crippen LogP contribution in [-0.4, -0.2) is 76.4 Å². The summed E-state index contributed by atoms with van der Waals surface area (Å²) >= 11 is 0. The fourth-order valence-electron chi connectivity index (χ4n) is 2.64. The van der Waals surface area contributed by atoms with Crippen molar-refractivity contribution in [3.05, 3.63) is 12.0 Å². The number of nitrogens with zero attached hydrogens (tertiary/aromatic N) is 4. The highest BCUT2D eigenvalue weighted by molar-refractivity contribution is 7.84. The van der Waals surface area contributed by atoms with E-state index in [1.807, 2.05) is 0 Å². The molecule has 6 N–H and O–H groups in total. The summed E-state index contributed by atoms with van der Waals surface area (Å²) in [7, 11) is -3.14. The molecular formula is C12H16N6O8S. The van der Waals surface area contributed by atoms with Gasteiger partial charge in [0.25, 0.3) is 0 Å². The van der Waals surface area contributed by atoms with Gasteiger partial charge in [-0.1, -0.05) is 0 Å². The van der Waals surface area contributed by atoms with E-state index in [1.165, 1.54) is 0 Å². The van der Waals surface area contributed by atoms with Gasteiger partial charge in [0, 0.05) is 0 Å². The number of ether oxygens (including phenoxy) is 2. The van der Waals surface area contributed by atoms with Gasteiger partial charge < -0.3 is 25.4 Å². The summed E-state index contributed by atoms with van der Waals surface area (Å²) in [5.74, 6) is -0.892. The number of carbonyl (C=O) groups excluding carboxylic acids is 1. The van der Waals surface area contributed by atoms with Gasteiger partial charge in [-0.15, -0.1) is 0 Å². The zero-order valence-electron chi connectivity index (χ0n) is 13.8. The zero-order valence-corrected chi connectivity index (χ0v) is 14.6. The van der Waals surface area contributed by atoms with Crippen LogP contribution < -0.4 is 10.9 Å². The highest BCUT2D eigenvalue weighted by Gasteiger charge is 2.46. The lowest BCUT2D eigenvalue weighted by Crippen LogP contribution is -2.35. The molecule has 0 saturated carbocycles. The van der Waals surface area contributed by atoms with Gasteiger partial charge in [-0.2, -0.15) is 13.5 Å². The van der Waals surface area contributed by atoms with Crippen LogP contribution in [0.1, 0.15) is 16.7 Å². The van der Waals surface area contributed by atoms with Gasteiger partial charge in [-0.3, -0.25) is 4.18 Å². The SMILES string of the molecule is COC(=O)c1nn([C@@H]2O[C@H](COS(N)(=O)=O)[C@@H](O)[C@H]2O)c2ncnc(N)c12. The van der Waals surface area contributed by atoms with Crippen LogP contribution in [0, 0.1) is 0 Å². The van der Waals surface area contributed by atoms with Gasteiger partial charge in [0.1, 0.15) is 30.5 Å². The number of carbonyl (C=O) groups is 1. The van der Waals surface area contributed by atoms with Crippen molar-refractivity contribution in [1.29, 1.82) is 0 Å². The average Bonchev–Trinajstić information content (AvgIpc) is 3.12. The molecule has 15 heteroatoms. The Morgan fingerprint density at radius 2 is 2.07 bits per heavy atom. The fourth-order valence-corrected chi connectivity index (χ4v) is 2.97. The number of hydrogen-bond acceptors (Lipinski definition) is 12. The smallest absolute Gasteiger partial charge is 0.359 e. The number of aliphatic hydroxyl groups is 2. The summed E-state index contributed by atoms with van der Waals surface area (Å²) in [6.07, 6.45) is -4.55. The van der Waals surface area contributed by atoms with Crippen molar-refractivity contribution >= 4 is 33.1 Å². The normalized spacial score (nSPS) is 25.8. The van der Waals surface area contributed by atoms with E-state index in [2.05, 4.69) is 24.0 Å². The van der Waals surface area contributed by atoms with E-state index < -0.39 is 47.4 Å². The largest absolute Gasteiger partial charge is 0.464 e. The second-order valence-electron chi connectivity index (χ2n) is 5.57. The maximum atomic E-state index is 12.0. The maximum absolute atomic E-state index is 12.0. The van der Waals surface area contributed by atoms with Gasteiger partial charge in [-0.25, -0.2) is 24.6 Å². The Kier molecular flexibility index (Phi) is 4.98. The molecule has 0 amide bonds. The average molecular weight is 404 g/mol. The van der Waals surface area contributed by atoms with Crippen molar-refractivity contribution in [3.8, 4) is 0 Å². The van der Waals surface area contributed by atoms with Crippen molar-refractivity contribution in [2.75, 3.05) is 19.5 Å². The summed E-state index contributed by atoms with van der Waals surface area (Å²) in [4.78, 5) is 19.7. The summed E-state index contributed by atoms with van der Waals surface area (Å²) < 4.78 is 37.3. The summed E-state index contributed by atoms with van der Waals surface area (Å²) in [6, 6.07) is 0. The number of hydrogen-bond donors (Lipinski definition) is 4. The van der Waals surface area contributed by atoms with Crippen LogP contribution >= 0.6 is 0 Å². The second-order valence-corrected chi connectivity index (χ2v) is 6.79. The Balaban J connectivity index is 2.00. The quantitative estimate of drug-likeness (QED) is 0.367. The van der Waals surface area contributed by atoms with Crippen LogP contribution in [0.4, 0.5) is 5.82 Å². The third-order valence-corrected chi connectivity index (χ3v) is 4.34. The number of nitrogen functional groups attached to an aromatic ring is 1. The van der Waals surface area contributed by atoms with Crippen molar-refractivity contribution in [1.82, 2.24) is 19.7 Å². The van der Waals surface area contributed by atoms with Crippen molar-refractivity contribution in [2.45, 2.75) is 24.5 Å². The molecular weight excluding hydrogens is 388 g/mol. The van der Waals surface area contributed by atoms with Crippen molar-refractivity contribution < 1.29 is 37.1 Å². The minimum absolute atomic E-state index is 0.0344. The number of fused-ring (bicyclic) bond motifs is 1. The Bertz CT molecular complexity index is 978. The summed E-state index contributed by atoms with van der Waals surface area (Å²) in [5.41, 5.74) is 5.59. The Hall–Kier alpha value is -2.43. The molecule has 27 heavy (non-hydrogen) atoms. The Morgan fingerprint density at radius 1 is 1.37 bits per heavy atom. The van der Waals surface area contributed by atoms with Crippen LogP contribution in [0.25, 0.3) is 11.0 Å². The minimum atomic E-state index is -4.28. The number of methoxy groups -OCH3 is 1. The lowest BCUT2D eigenvalue weighted by atomic mass is 10.1. The molecule has 1 aliphatic rings. The molecule has 1 aliphatic heterocycles. The predicted octanol–water partition coefficient (Wildman–Crippen LogP) is -2.97. The van der Waals surface area contributed by atoms with Crippen LogP contribution in [0.5, 0.6) is 0 Å². The summed E-state index contributed by atoms with van der Waals surface area (Å²) in [6.45, 7) is -0.645. The molecule has 1 fully saturated rings. The highest BCUT2D eigenvalue weighted by atomic mass is 32.2. The summed E-state index contributed by atoms with van der Waals surface area (Å²) in [5, 5.41) is 29.2. The Morgan fingerprint density at radius 3 is 2.70 bits per heavy atom. The molecule has 14 nitrogen and oxygen atoms in total. The van der Waals surface area contributed by atoms with Gasteiger partial charge in [0.05, 0.1) is 19.1 Å². The molecule has 3 heterocycles. The topological polar surface area (TPSA) is 215 Å². The van der Waals surface area contributed by atoms with Crippen LogP contribution in [-0.2, 0) is 24.0 Å². The van der Waals surface area contributed by atoms with Gasteiger partial charge in [0.2, 0.25) is 0 Å². The van der Waals surface area contributed by atoms with E-state index in [0.717, 1.165) is 18.1 Å². The molecule has 3 rings (SSSR count). The van der Waals surface area contributed by atoms with E-state index in [9.17, 15) is 23.4 Å². The molecule has 0 unspecified atom stereocenters. The lowest BCUT2D eigenvalue weighted by Gasteiger charge is -2.15. The molecule has 0 radical (unpaired) electrons. The molecule has 4 atom stereocenters. The van der Waals surface area contributed by atoms with Crippen LogP contribution in [0.3, 0.4) is 0 Å². The monoisotopic (exact) mass is 404 g/mol. The first-order valence-corrected chi connectivity index (χ1v) is 8.87. The first-order valence-electron chi connectivity index (χ1n) is 7.39. The van der Waals surface area contributed by atoms with Gasteiger partial charge in [-0.05, 0) is 0 Å². The van der Waals surface area contributed by atoms with Crippen molar-refractivity contribution in [3.63, 3.8) is 0 Å². The number of nitrogens with two attached hydrogens (primary N) is 2. The molecule has 0 aliphatic carbocycles. The molecule has 1 saturated heterocycles. The molecule has 0 spiro atoms. The van der Waals surface area contributed by atoms with Gasteiger partial charge >= 0.3 is 16.3 Å². The van der Waals surface area contributed by atoms with E-state index in [-0.39, 0.29) is 22.5 Å². The molecule has 148 valence electrons. The van der Waals surface area contributed by atoms with E-state index in [0.29, 0.717) is 0 Å². The van der Waals surface area contributed by atoms with Gasteiger partial charge in [0.15, 0.2) is 17.6 Å². The van der Waals surface area contributed by atoms with E-state index in [4.69, 9.17) is 15.6 Å². The second kappa shape index (κ2) is 6.95. The lowest BCUT2D eigenvalue weighted by molar-refractivity contribution is -0.0528. The van der Waals surface area contributed by atoms with Crippen LogP contribution in [0.15, 0.2) is 6.33 Å². The predicted molar refractivity (Wildman–Crippen MR) is 86.1 cm³/mol. The maximum Gasteiger partial charge on any atom is 0.359 e. The van der Waals surface area contributed by atoms with E-state index >= 15 is 0 Å². The number of rotatable bonds is 5. The zero-order chi connectivity index (χ0) is 19.9. The molecule has 0 bridgehead atoms. The van der Waals surface area contributed by atoms with Crippen molar-refractivity contribution in [2.24, 2.45) is 5.14 Å².